The molecule has 0 saturated heterocycles. The quantitative estimate of drug-likeness (QED) is 0.241. The summed E-state index contributed by atoms with van der Waals surface area (Å²) in [6.07, 6.45) is 8.47. The maximum absolute atomic E-state index is 6.23. The molecule has 0 aliphatic rings. The minimum absolute atomic E-state index is 0.160. The number of rotatable bonds is 9. The van der Waals surface area contributed by atoms with Crippen LogP contribution in [0.15, 0.2) is 0 Å². The van der Waals surface area contributed by atoms with Crippen molar-refractivity contribution >= 4 is 24.2 Å². The van der Waals surface area contributed by atoms with Gasteiger partial charge in [-0.2, -0.15) is 0 Å². The Balaban J connectivity index is 4.26. The van der Waals surface area contributed by atoms with Crippen LogP contribution in [0.2, 0.25) is 13.1 Å². The van der Waals surface area contributed by atoms with Crippen LogP contribution in [0.3, 0.4) is 0 Å². The van der Waals surface area contributed by atoms with E-state index in [4.69, 9.17) is 4.43 Å². The van der Waals surface area contributed by atoms with Gasteiger partial charge in [0.15, 0.2) is 8.32 Å². The average Bonchev–Trinajstić information content (AvgIpc) is 2.34. The molecule has 0 rings (SSSR count). The summed E-state index contributed by atoms with van der Waals surface area (Å²) in [6, 6.07) is 0. The van der Waals surface area contributed by atoms with E-state index in [9.17, 15) is 0 Å². The Bertz CT molecular complexity index is 255. The SMILES string of the molecule is CCCCC#CC(CCCCC)O[Si](C)(C)CBr. The average molecular weight is 333 g/mol. The lowest BCUT2D eigenvalue weighted by Gasteiger charge is -2.24. The lowest BCUT2D eigenvalue weighted by molar-refractivity contribution is 0.235. The summed E-state index contributed by atoms with van der Waals surface area (Å²) in [6.45, 7) is 8.95. The molecule has 0 radical (unpaired) electrons. The second-order valence-corrected chi connectivity index (χ2v) is 11.1. The second kappa shape index (κ2) is 11.1. The third kappa shape index (κ3) is 10.2. The molecule has 1 nitrogen and oxygen atoms in total. The third-order valence-electron chi connectivity index (χ3n) is 2.77. The molecular weight excluding hydrogens is 304 g/mol. The fourth-order valence-corrected chi connectivity index (χ4v) is 3.01. The molecule has 0 fully saturated rings. The molecular formula is C15H29BrOSi. The van der Waals surface area contributed by atoms with Crippen molar-refractivity contribution in [2.45, 2.75) is 78.0 Å². The molecule has 0 aromatic rings. The number of alkyl halides is 1. The van der Waals surface area contributed by atoms with E-state index in [1.54, 1.807) is 0 Å². The highest BCUT2D eigenvalue weighted by Gasteiger charge is 2.24. The molecule has 1 atom stereocenters. The van der Waals surface area contributed by atoms with Gasteiger partial charge in [-0.25, -0.2) is 0 Å². The minimum atomic E-state index is -1.55. The topological polar surface area (TPSA) is 9.23 Å². The standard InChI is InChI=1S/C15H29BrOSi/c1-5-7-9-11-13-15(12-10-8-6-2)17-18(3,4)14-16/h15H,5-10,12,14H2,1-4H3. The zero-order valence-electron chi connectivity index (χ0n) is 12.5. The Morgan fingerprint density at radius 2 is 1.78 bits per heavy atom. The van der Waals surface area contributed by atoms with Gasteiger partial charge in [0.1, 0.15) is 6.10 Å². The van der Waals surface area contributed by atoms with E-state index < -0.39 is 8.32 Å². The predicted molar refractivity (Wildman–Crippen MR) is 87.6 cm³/mol. The Labute approximate surface area is 123 Å². The Kier molecular flexibility index (Phi) is 11.2. The molecule has 0 saturated carbocycles. The zero-order chi connectivity index (χ0) is 13.9. The highest BCUT2D eigenvalue weighted by atomic mass is 79.9. The van der Waals surface area contributed by atoms with Gasteiger partial charge in [-0.1, -0.05) is 55.0 Å². The van der Waals surface area contributed by atoms with Gasteiger partial charge in [-0.3, -0.25) is 0 Å². The van der Waals surface area contributed by atoms with Gasteiger partial charge < -0.3 is 4.43 Å². The van der Waals surface area contributed by atoms with E-state index >= 15 is 0 Å². The van der Waals surface area contributed by atoms with Crippen LogP contribution in [-0.4, -0.2) is 19.4 Å². The molecule has 0 heterocycles. The van der Waals surface area contributed by atoms with Crippen LogP contribution in [0.25, 0.3) is 0 Å². The highest BCUT2D eigenvalue weighted by Crippen LogP contribution is 2.15. The molecule has 0 aromatic carbocycles. The van der Waals surface area contributed by atoms with E-state index in [2.05, 4.69) is 54.7 Å². The van der Waals surface area contributed by atoms with Gasteiger partial charge in [0.05, 0.1) is 0 Å². The van der Waals surface area contributed by atoms with Crippen LogP contribution in [-0.2, 0) is 4.43 Å². The van der Waals surface area contributed by atoms with E-state index in [-0.39, 0.29) is 6.10 Å². The number of hydrogen-bond donors (Lipinski definition) is 0. The van der Waals surface area contributed by atoms with Crippen molar-refractivity contribution in [3.05, 3.63) is 0 Å². The van der Waals surface area contributed by atoms with Crippen LogP contribution in [0.1, 0.15) is 58.8 Å². The van der Waals surface area contributed by atoms with Crippen LogP contribution in [0.5, 0.6) is 0 Å². The van der Waals surface area contributed by atoms with Gasteiger partial charge in [-0.15, -0.1) is 5.92 Å². The first-order chi connectivity index (χ1) is 8.55. The monoisotopic (exact) mass is 332 g/mol. The van der Waals surface area contributed by atoms with Crippen molar-refractivity contribution in [3.8, 4) is 11.8 Å². The van der Waals surface area contributed by atoms with Crippen molar-refractivity contribution in [1.82, 2.24) is 0 Å². The maximum Gasteiger partial charge on any atom is 0.198 e. The van der Waals surface area contributed by atoms with Crippen molar-refractivity contribution in [3.63, 3.8) is 0 Å². The Morgan fingerprint density at radius 1 is 1.11 bits per heavy atom. The van der Waals surface area contributed by atoms with E-state index in [0.29, 0.717) is 0 Å². The van der Waals surface area contributed by atoms with Gasteiger partial charge in [0, 0.05) is 11.4 Å². The molecule has 0 aliphatic heterocycles. The number of hydrogen-bond acceptors (Lipinski definition) is 1. The molecule has 0 bridgehead atoms. The molecule has 3 heteroatoms. The summed E-state index contributed by atoms with van der Waals surface area (Å²) in [5.41, 5.74) is 0. The molecule has 0 aliphatic carbocycles. The number of halogens is 1. The van der Waals surface area contributed by atoms with Crippen LogP contribution < -0.4 is 0 Å². The van der Waals surface area contributed by atoms with Gasteiger partial charge in [0.2, 0.25) is 0 Å². The third-order valence-corrected chi connectivity index (χ3v) is 8.39. The fraction of sp³-hybridized carbons (Fsp3) is 0.867. The summed E-state index contributed by atoms with van der Waals surface area (Å²) < 4.78 is 6.23. The lowest BCUT2D eigenvalue weighted by atomic mass is 10.1. The van der Waals surface area contributed by atoms with Crippen LogP contribution in [0.4, 0.5) is 0 Å². The van der Waals surface area contributed by atoms with Gasteiger partial charge >= 0.3 is 0 Å². The van der Waals surface area contributed by atoms with E-state index in [1.165, 1.54) is 32.1 Å². The normalized spacial score (nSPS) is 12.9. The molecule has 0 aromatic heterocycles. The summed E-state index contributed by atoms with van der Waals surface area (Å²) in [5.74, 6) is 6.64. The maximum atomic E-state index is 6.23. The molecule has 0 amide bonds. The summed E-state index contributed by atoms with van der Waals surface area (Å²) >= 11 is 3.56. The van der Waals surface area contributed by atoms with Crippen molar-refractivity contribution in [1.29, 1.82) is 0 Å². The minimum Gasteiger partial charge on any atom is -0.403 e. The fourth-order valence-electron chi connectivity index (χ4n) is 1.61. The molecule has 1 unspecified atom stereocenters. The second-order valence-electron chi connectivity index (χ2n) is 5.42. The lowest BCUT2D eigenvalue weighted by Crippen LogP contribution is -2.37. The summed E-state index contributed by atoms with van der Waals surface area (Å²) in [4.78, 5) is 0.987. The highest BCUT2D eigenvalue weighted by molar-refractivity contribution is 9.09. The van der Waals surface area contributed by atoms with Crippen LogP contribution >= 0.6 is 15.9 Å². The first kappa shape index (κ1) is 18.2. The first-order valence-corrected chi connectivity index (χ1v) is 11.5. The molecule has 0 N–H and O–H groups in total. The van der Waals surface area contributed by atoms with Crippen molar-refractivity contribution in [2.24, 2.45) is 0 Å². The van der Waals surface area contributed by atoms with Crippen molar-refractivity contribution in [2.75, 3.05) is 4.95 Å². The Hall–Kier alpha value is 0.217. The van der Waals surface area contributed by atoms with E-state index in [0.717, 1.165) is 17.8 Å². The summed E-state index contributed by atoms with van der Waals surface area (Å²) in [7, 11) is -1.55. The largest absolute Gasteiger partial charge is 0.403 e. The smallest absolute Gasteiger partial charge is 0.198 e. The molecule has 106 valence electrons. The Morgan fingerprint density at radius 3 is 2.33 bits per heavy atom. The molecule has 0 spiro atoms. The first-order valence-electron chi connectivity index (χ1n) is 7.28. The summed E-state index contributed by atoms with van der Waals surface area (Å²) in [5, 5.41) is 0. The zero-order valence-corrected chi connectivity index (χ0v) is 15.1. The van der Waals surface area contributed by atoms with E-state index in [1.807, 2.05) is 0 Å². The number of unbranched alkanes of at least 4 members (excludes halogenated alkanes) is 4. The molecule has 18 heavy (non-hydrogen) atoms. The van der Waals surface area contributed by atoms with Crippen molar-refractivity contribution < 1.29 is 4.43 Å². The van der Waals surface area contributed by atoms with Gasteiger partial charge in [-0.05, 0) is 32.4 Å². The van der Waals surface area contributed by atoms with Crippen LogP contribution in [0, 0.1) is 11.8 Å². The van der Waals surface area contributed by atoms with Gasteiger partial charge in [0.25, 0.3) is 0 Å². The predicted octanol–water partition coefficient (Wildman–Crippen LogP) is 5.28.